The third kappa shape index (κ3) is 4.15. The average molecular weight is 339 g/mol. The Morgan fingerprint density at radius 2 is 1.80 bits per heavy atom. The van der Waals surface area contributed by atoms with Crippen LogP contribution in [-0.4, -0.2) is 34.8 Å². The lowest BCUT2D eigenvalue weighted by Gasteiger charge is -2.31. The first-order valence-corrected chi connectivity index (χ1v) is 8.44. The Morgan fingerprint density at radius 1 is 1.08 bits per heavy atom. The summed E-state index contributed by atoms with van der Waals surface area (Å²) < 4.78 is 0. The molecule has 0 bridgehead atoms. The lowest BCUT2D eigenvalue weighted by atomic mass is 9.95. The first kappa shape index (κ1) is 17.0. The van der Waals surface area contributed by atoms with Gasteiger partial charge in [-0.1, -0.05) is 30.3 Å². The molecule has 1 aliphatic heterocycles. The molecule has 0 atom stereocenters. The van der Waals surface area contributed by atoms with Crippen molar-refractivity contribution < 1.29 is 9.59 Å². The molecule has 1 saturated heterocycles. The van der Waals surface area contributed by atoms with Gasteiger partial charge >= 0.3 is 0 Å². The molecule has 2 aromatic rings. The summed E-state index contributed by atoms with van der Waals surface area (Å²) in [5.41, 5.74) is 0.830. The lowest BCUT2D eigenvalue weighted by Crippen LogP contribution is -2.44. The molecule has 2 heterocycles. The summed E-state index contributed by atoms with van der Waals surface area (Å²) in [6.07, 6.45) is 2.72. The Hall–Kier alpha value is -2.89. The molecule has 1 aromatic heterocycles. The van der Waals surface area contributed by atoms with Crippen LogP contribution in [0.5, 0.6) is 0 Å². The maximum atomic E-state index is 12.4. The van der Waals surface area contributed by atoms with Crippen molar-refractivity contribution in [3.8, 4) is 0 Å². The van der Waals surface area contributed by atoms with Gasteiger partial charge in [-0.3, -0.25) is 14.4 Å². The fourth-order valence-electron chi connectivity index (χ4n) is 3.03. The van der Waals surface area contributed by atoms with Crippen LogP contribution in [0.3, 0.4) is 0 Å². The number of likely N-dealkylation sites (tertiary alicyclic amines) is 1. The first-order chi connectivity index (χ1) is 12.1. The fraction of sp³-hybridized carbons (Fsp3) is 0.316. The molecule has 1 fully saturated rings. The molecule has 25 heavy (non-hydrogen) atoms. The van der Waals surface area contributed by atoms with Crippen LogP contribution in [0.2, 0.25) is 0 Å². The van der Waals surface area contributed by atoms with Crippen LogP contribution in [0.15, 0.2) is 53.5 Å². The van der Waals surface area contributed by atoms with Crippen LogP contribution in [-0.2, 0) is 11.3 Å². The number of hydrogen-bond donors (Lipinski definition) is 2. The van der Waals surface area contributed by atoms with Crippen molar-refractivity contribution in [1.29, 1.82) is 0 Å². The summed E-state index contributed by atoms with van der Waals surface area (Å²) in [4.78, 5) is 40.6. The maximum absolute atomic E-state index is 12.4. The van der Waals surface area contributed by atoms with Crippen molar-refractivity contribution in [3.63, 3.8) is 0 Å². The zero-order valence-electron chi connectivity index (χ0n) is 13.9. The van der Waals surface area contributed by atoms with Gasteiger partial charge in [0.1, 0.15) is 5.56 Å². The second-order valence-corrected chi connectivity index (χ2v) is 6.18. The SMILES string of the molecule is O=C(NCc1ccccc1)C1CCN(C(=O)c2ccc[nH]c2=O)CC1. The van der Waals surface area contributed by atoms with Crippen molar-refractivity contribution in [1.82, 2.24) is 15.2 Å². The van der Waals surface area contributed by atoms with E-state index in [9.17, 15) is 14.4 Å². The van der Waals surface area contributed by atoms with E-state index in [1.54, 1.807) is 11.0 Å². The van der Waals surface area contributed by atoms with E-state index in [4.69, 9.17) is 0 Å². The lowest BCUT2D eigenvalue weighted by molar-refractivity contribution is -0.126. The van der Waals surface area contributed by atoms with Crippen molar-refractivity contribution in [2.24, 2.45) is 5.92 Å². The topological polar surface area (TPSA) is 82.3 Å². The highest BCUT2D eigenvalue weighted by molar-refractivity contribution is 5.94. The second-order valence-electron chi connectivity index (χ2n) is 6.18. The Balaban J connectivity index is 1.51. The normalized spacial score (nSPS) is 15.0. The van der Waals surface area contributed by atoms with E-state index in [1.165, 1.54) is 12.3 Å². The van der Waals surface area contributed by atoms with Crippen LogP contribution < -0.4 is 10.9 Å². The van der Waals surface area contributed by atoms with Gasteiger partial charge in [-0.2, -0.15) is 0 Å². The zero-order valence-corrected chi connectivity index (χ0v) is 13.9. The number of amides is 2. The molecule has 130 valence electrons. The molecular weight excluding hydrogens is 318 g/mol. The van der Waals surface area contributed by atoms with Crippen molar-refractivity contribution in [2.75, 3.05) is 13.1 Å². The van der Waals surface area contributed by atoms with Gasteiger partial charge in [0.2, 0.25) is 5.91 Å². The summed E-state index contributed by atoms with van der Waals surface area (Å²) >= 11 is 0. The van der Waals surface area contributed by atoms with E-state index in [1.807, 2.05) is 30.3 Å². The number of aromatic amines is 1. The molecule has 2 N–H and O–H groups in total. The van der Waals surface area contributed by atoms with Gasteiger partial charge in [0, 0.05) is 31.7 Å². The molecule has 0 radical (unpaired) electrons. The minimum absolute atomic E-state index is 0.0218. The Bertz CT molecular complexity index is 793. The smallest absolute Gasteiger partial charge is 0.260 e. The number of carbonyl (C=O) groups excluding carboxylic acids is 2. The molecule has 1 aliphatic rings. The van der Waals surface area contributed by atoms with Gasteiger partial charge in [0.05, 0.1) is 0 Å². The molecular formula is C19H21N3O3. The molecule has 2 amide bonds. The quantitative estimate of drug-likeness (QED) is 0.886. The van der Waals surface area contributed by atoms with Crippen LogP contribution in [0, 0.1) is 5.92 Å². The van der Waals surface area contributed by atoms with Crippen LogP contribution in [0.25, 0.3) is 0 Å². The number of carbonyl (C=O) groups is 2. The van der Waals surface area contributed by atoms with Crippen LogP contribution in [0.4, 0.5) is 0 Å². The summed E-state index contributed by atoms with van der Waals surface area (Å²) in [5.74, 6) is -0.347. The fourth-order valence-corrected chi connectivity index (χ4v) is 3.03. The molecule has 6 heteroatoms. The number of piperidine rings is 1. The van der Waals surface area contributed by atoms with E-state index in [-0.39, 0.29) is 28.9 Å². The van der Waals surface area contributed by atoms with Crippen molar-refractivity contribution in [2.45, 2.75) is 19.4 Å². The number of aromatic nitrogens is 1. The van der Waals surface area contributed by atoms with Gasteiger partial charge in [-0.15, -0.1) is 0 Å². The number of pyridine rings is 1. The number of nitrogens with one attached hydrogen (secondary N) is 2. The van der Waals surface area contributed by atoms with Gasteiger partial charge in [-0.05, 0) is 30.5 Å². The van der Waals surface area contributed by atoms with Crippen molar-refractivity contribution in [3.05, 3.63) is 70.1 Å². The summed E-state index contributed by atoms with van der Waals surface area (Å²) in [7, 11) is 0. The highest BCUT2D eigenvalue weighted by Gasteiger charge is 2.28. The molecule has 1 aromatic carbocycles. The summed E-state index contributed by atoms with van der Waals surface area (Å²) in [5, 5.41) is 2.96. The van der Waals surface area contributed by atoms with E-state index in [0.717, 1.165) is 5.56 Å². The maximum Gasteiger partial charge on any atom is 0.260 e. The van der Waals surface area contributed by atoms with Gasteiger partial charge in [-0.25, -0.2) is 0 Å². The standard InChI is InChI=1S/C19H21N3O3/c23-17(21-13-14-5-2-1-3-6-14)15-8-11-22(12-9-15)19(25)16-7-4-10-20-18(16)24/h1-7,10,15H,8-9,11-13H2,(H,20,24)(H,21,23). The molecule has 0 saturated carbocycles. The Morgan fingerprint density at radius 3 is 2.48 bits per heavy atom. The molecule has 0 spiro atoms. The second kappa shape index (κ2) is 7.79. The highest BCUT2D eigenvalue weighted by Crippen LogP contribution is 2.18. The largest absolute Gasteiger partial charge is 0.352 e. The summed E-state index contributed by atoms with van der Waals surface area (Å²) in [6, 6.07) is 12.9. The number of H-pyrrole nitrogens is 1. The Kier molecular flexibility index (Phi) is 5.28. The number of rotatable bonds is 4. The van der Waals surface area contributed by atoms with Gasteiger partial charge in [0.25, 0.3) is 11.5 Å². The number of nitrogens with zero attached hydrogens (tertiary/aromatic N) is 1. The third-order valence-corrected chi connectivity index (χ3v) is 4.51. The third-order valence-electron chi connectivity index (χ3n) is 4.51. The van der Waals surface area contributed by atoms with E-state index in [0.29, 0.717) is 32.5 Å². The minimum atomic E-state index is -0.379. The minimum Gasteiger partial charge on any atom is -0.352 e. The van der Waals surface area contributed by atoms with Crippen molar-refractivity contribution >= 4 is 11.8 Å². The van der Waals surface area contributed by atoms with Gasteiger partial charge < -0.3 is 15.2 Å². The van der Waals surface area contributed by atoms with E-state index >= 15 is 0 Å². The molecule has 0 aliphatic carbocycles. The molecule has 3 rings (SSSR count). The van der Waals surface area contributed by atoms with Crippen LogP contribution >= 0.6 is 0 Å². The first-order valence-electron chi connectivity index (χ1n) is 8.44. The predicted molar refractivity (Wildman–Crippen MR) is 94.0 cm³/mol. The van der Waals surface area contributed by atoms with Crippen LogP contribution in [0.1, 0.15) is 28.8 Å². The number of hydrogen-bond acceptors (Lipinski definition) is 3. The highest BCUT2D eigenvalue weighted by atomic mass is 16.2. The zero-order chi connectivity index (χ0) is 17.6. The van der Waals surface area contributed by atoms with E-state index < -0.39 is 0 Å². The monoisotopic (exact) mass is 339 g/mol. The average Bonchev–Trinajstić information content (AvgIpc) is 2.67. The predicted octanol–water partition coefficient (Wildman–Crippen LogP) is 1.54. The molecule has 0 unspecified atom stereocenters. The number of benzene rings is 1. The summed E-state index contributed by atoms with van der Waals surface area (Å²) in [6.45, 7) is 1.48. The Labute approximate surface area is 145 Å². The van der Waals surface area contributed by atoms with E-state index in [2.05, 4.69) is 10.3 Å². The van der Waals surface area contributed by atoms with Gasteiger partial charge in [0.15, 0.2) is 0 Å². The molecule has 6 nitrogen and oxygen atoms in total.